The largest absolute Gasteiger partial charge is 0.468 e. The van der Waals surface area contributed by atoms with E-state index >= 15 is 0 Å². The van der Waals surface area contributed by atoms with Crippen molar-refractivity contribution in [3.05, 3.63) is 23.7 Å². The van der Waals surface area contributed by atoms with Gasteiger partial charge in [0.05, 0.1) is 13.7 Å². The number of carbonyl (C=O) groups excluding carboxylic acids is 1. The van der Waals surface area contributed by atoms with Crippen molar-refractivity contribution >= 4 is 5.97 Å². The summed E-state index contributed by atoms with van der Waals surface area (Å²) in [5.74, 6) is 2.37. The van der Waals surface area contributed by atoms with Crippen molar-refractivity contribution < 1.29 is 13.9 Å². The Bertz CT molecular complexity index is 427. The normalized spacial score (nSPS) is 24.4. The number of carbonyl (C=O) groups is 1. The molecule has 19 heavy (non-hydrogen) atoms. The van der Waals surface area contributed by atoms with Crippen LogP contribution in [0.5, 0.6) is 0 Å². The molecule has 1 aromatic heterocycles. The number of rotatable bonds is 4. The van der Waals surface area contributed by atoms with Crippen LogP contribution in [0.25, 0.3) is 0 Å². The van der Waals surface area contributed by atoms with E-state index in [-0.39, 0.29) is 12.0 Å². The predicted molar refractivity (Wildman–Crippen MR) is 72.7 cm³/mol. The molecule has 0 bridgehead atoms. The van der Waals surface area contributed by atoms with Crippen molar-refractivity contribution in [3.63, 3.8) is 0 Å². The Labute approximate surface area is 114 Å². The van der Waals surface area contributed by atoms with Crippen molar-refractivity contribution in [1.82, 2.24) is 4.90 Å². The van der Waals surface area contributed by atoms with E-state index in [1.807, 2.05) is 12.1 Å². The van der Waals surface area contributed by atoms with Crippen LogP contribution < -0.4 is 0 Å². The van der Waals surface area contributed by atoms with Crippen molar-refractivity contribution in [2.45, 2.75) is 45.7 Å². The molecular formula is C15H23NO3. The maximum absolute atomic E-state index is 11.9. The highest BCUT2D eigenvalue weighted by molar-refractivity contribution is 5.75. The number of esters is 1. The van der Waals surface area contributed by atoms with E-state index in [0.29, 0.717) is 12.5 Å². The van der Waals surface area contributed by atoms with E-state index in [2.05, 4.69) is 18.7 Å². The van der Waals surface area contributed by atoms with Gasteiger partial charge in [-0.2, -0.15) is 0 Å². The van der Waals surface area contributed by atoms with Crippen LogP contribution in [0.2, 0.25) is 0 Å². The Morgan fingerprint density at radius 1 is 1.47 bits per heavy atom. The summed E-state index contributed by atoms with van der Waals surface area (Å²) in [7, 11) is 1.46. The van der Waals surface area contributed by atoms with Gasteiger partial charge in [-0.25, -0.2) is 0 Å². The first-order valence-corrected chi connectivity index (χ1v) is 7.03. The monoisotopic (exact) mass is 265 g/mol. The number of aryl methyl sites for hydroxylation is 1. The fourth-order valence-corrected chi connectivity index (χ4v) is 2.66. The van der Waals surface area contributed by atoms with Crippen LogP contribution in [0.1, 0.15) is 38.2 Å². The number of hydrogen-bond donors (Lipinski definition) is 0. The van der Waals surface area contributed by atoms with Gasteiger partial charge in [-0.15, -0.1) is 0 Å². The minimum atomic E-state index is -0.135. The van der Waals surface area contributed by atoms with Gasteiger partial charge < -0.3 is 9.15 Å². The van der Waals surface area contributed by atoms with Crippen molar-refractivity contribution in [2.75, 3.05) is 13.7 Å². The minimum absolute atomic E-state index is 0.131. The lowest BCUT2D eigenvalue weighted by Gasteiger charge is -2.36. The number of hydrogen-bond acceptors (Lipinski definition) is 4. The van der Waals surface area contributed by atoms with Gasteiger partial charge in [0, 0.05) is 6.42 Å². The fourth-order valence-electron chi connectivity index (χ4n) is 2.66. The average molecular weight is 265 g/mol. The average Bonchev–Trinajstić information content (AvgIpc) is 2.87. The van der Waals surface area contributed by atoms with E-state index in [1.165, 1.54) is 7.11 Å². The third kappa shape index (κ3) is 3.38. The molecule has 1 aromatic rings. The van der Waals surface area contributed by atoms with Crippen LogP contribution in [0.3, 0.4) is 0 Å². The number of furan rings is 1. The summed E-state index contributed by atoms with van der Waals surface area (Å²) in [6.45, 7) is 5.87. The molecule has 0 saturated carbocycles. The molecule has 0 unspecified atom stereocenters. The van der Waals surface area contributed by atoms with Crippen LogP contribution in [-0.2, 0) is 22.5 Å². The molecule has 0 N–H and O–H groups in total. The van der Waals surface area contributed by atoms with Crippen molar-refractivity contribution in [2.24, 2.45) is 5.92 Å². The van der Waals surface area contributed by atoms with Crippen LogP contribution in [0.4, 0.5) is 0 Å². The summed E-state index contributed by atoms with van der Waals surface area (Å²) in [6, 6.07) is 3.88. The second-order valence-electron chi connectivity index (χ2n) is 5.36. The highest BCUT2D eigenvalue weighted by atomic mass is 16.5. The van der Waals surface area contributed by atoms with E-state index < -0.39 is 0 Å². The molecule has 0 spiro atoms. The summed E-state index contributed by atoms with van der Waals surface area (Å²) in [5.41, 5.74) is 0. The molecule has 106 valence electrons. The Balaban J connectivity index is 2.05. The molecule has 4 nitrogen and oxygen atoms in total. The maximum Gasteiger partial charge on any atom is 0.323 e. The van der Waals surface area contributed by atoms with Gasteiger partial charge in [-0.05, 0) is 37.4 Å². The van der Waals surface area contributed by atoms with Crippen LogP contribution in [0, 0.1) is 5.92 Å². The predicted octanol–water partition coefficient (Wildman–Crippen LogP) is 2.62. The summed E-state index contributed by atoms with van der Waals surface area (Å²) >= 11 is 0. The third-order valence-corrected chi connectivity index (χ3v) is 3.87. The first kappa shape index (κ1) is 14.1. The van der Waals surface area contributed by atoms with Gasteiger partial charge in [-0.1, -0.05) is 13.8 Å². The second-order valence-corrected chi connectivity index (χ2v) is 5.36. The zero-order valence-electron chi connectivity index (χ0n) is 12.0. The Morgan fingerprint density at radius 3 is 2.84 bits per heavy atom. The van der Waals surface area contributed by atoms with Gasteiger partial charge in [0.1, 0.15) is 17.6 Å². The quantitative estimate of drug-likeness (QED) is 0.785. The fraction of sp³-hybridized carbons (Fsp3) is 0.667. The minimum Gasteiger partial charge on any atom is -0.468 e. The van der Waals surface area contributed by atoms with Gasteiger partial charge >= 0.3 is 5.97 Å². The summed E-state index contributed by atoms with van der Waals surface area (Å²) in [6.07, 6.45) is 2.89. The first-order chi connectivity index (χ1) is 9.13. The Kier molecular flexibility index (Phi) is 4.64. The lowest BCUT2D eigenvalue weighted by molar-refractivity contribution is -0.149. The third-order valence-electron chi connectivity index (χ3n) is 3.87. The molecule has 0 radical (unpaired) electrons. The second kappa shape index (κ2) is 6.24. The zero-order valence-corrected chi connectivity index (χ0v) is 12.0. The molecule has 2 atom stereocenters. The van der Waals surface area contributed by atoms with Crippen LogP contribution in [-0.4, -0.2) is 30.6 Å². The highest BCUT2D eigenvalue weighted by Crippen LogP contribution is 2.25. The first-order valence-electron chi connectivity index (χ1n) is 7.03. The zero-order chi connectivity index (χ0) is 13.8. The van der Waals surface area contributed by atoms with Crippen LogP contribution >= 0.6 is 0 Å². The van der Waals surface area contributed by atoms with Gasteiger partial charge in [-0.3, -0.25) is 9.69 Å². The molecule has 1 saturated heterocycles. The molecule has 0 aromatic carbocycles. The summed E-state index contributed by atoms with van der Waals surface area (Å²) < 4.78 is 10.7. The maximum atomic E-state index is 11.9. The van der Waals surface area contributed by atoms with Gasteiger partial charge in [0.15, 0.2) is 0 Å². The number of ether oxygens (including phenoxy) is 1. The standard InChI is InChI=1S/C15H23NO3/c1-4-12-5-6-13(19-12)10-16-8-7-11(2)9-14(16)15(17)18-3/h5-6,11,14H,4,7-10H2,1-3H3/t11-,14+/m1/s1. The Morgan fingerprint density at radius 2 is 2.21 bits per heavy atom. The summed E-state index contributed by atoms with van der Waals surface area (Å²) in [5, 5.41) is 0. The van der Waals surface area contributed by atoms with E-state index in [4.69, 9.17) is 9.15 Å². The number of nitrogens with zero attached hydrogens (tertiary/aromatic N) is 1. The summed E-state index contributed by atoms with van der Waals surface area (Å²) in [4.78, 5) is 14.1. The number of piperidine rings is 1. The molecule has 4 heteroatoms. The molecule has 1 aliphatic rings. The molecule has 0 amide bonds. The molecule has 2 rings (SSSR count). The van der Waals surface area contributed by atoms with Crippen molar-refractivity contribution in [3.8, 4) is 0 Å². The lowest BCUT2D eigenvalue weighted by Crippen LogP contribution is -2.46. The van der Waals surface area contributed by atoms with E-state index in [9.17, 15) is 4.79 Å². The molecule has 2 heterocycles. The highest BCUT2D eigenvalue weighted by Gasteiger charge is 2.32. The SMILES string of the molecule is CCc1ccc(CN2CC[C@@H](C)C[C@H]2C(=O)OC)o1. The Hall–Kier alpha value is -1.29. The van der Waals surface area contributed by atoms with Crippen LogP contribution in [0.15, 0.2) is 16.5 Å². The number of methoxy groups -OCH3 is 1. The van der Waals surface area contributed by atoms with Gasteiger partial charge in [0.25, 0.3) is 0 Å². The van der Waals surface area contributed by atoms with E-state index in [0.717, 1.165) is 37.3 Å². The van der Waals surface area contributed by atoms with Gasteiger partial charge in [0.2, 0.25) is 0 Å². The molecule has 0 aliphatic carbocycles. The molecular weight excluding hydrogens is 242 g/mol. The van der Waals surface area contributed by atoms with Crippen molar-refractivity contribution in [1.29, 1.82) is 0 Å². The smallest absolute Gasteiger partial charge is 0.323 e. The topological polar surface area (TPSA) is 42.7 Å². The lowest BCUT2D eigenvalue weighted by atomic mass is 9.92. The molecule has 1 fully saturated rings. The molecule has 1 aliphatic heterocycles. The number of likely N-dealkylation sites (tertiary alicyclic amines) is 1. The van der Waals surface area contributed by atoms with E-state index in [1.54, 1.807) is 0 Å².